The summed E-state index contributed by atoms with van der Waals surface area (Å²) in [5.41, 5.74) is 0.306. The van der Waals surface area contributed by atoms with Gasteiger partial charge in [0.05, 0.1) is 5.54 Å². The van der Waals surface area contributed by atoms with E-state index >= 15 is 0 Å². The van der Waals surface area contributed by atoms with Crippen molar-refractivity contribution in [3.8, 4) is 0 Å². The Labute approximate surface area is 115 Å². The van der Waals surface area contributed by atoms with Gasteiger partial charge in [-0.3, -0.25) is 9.69 Å². The first kappa shape index (κ1) is 15.3. The summed E-state index contributed by atoms with van der Waals surface area (Å²) in [5.74, 6) is 0.173. The second kappa shape index (κ2) is 5.89. The van der Waals surface area contributed by atoms with Gasteiger partial charge in [-0.2, -0.15) is 0 Å². The molecule has 0 aliphatic rings. The van der Waals surface area contributed by atoms with E-state index in [9.17, 15) is 4.79 Å². The maximum Gasteiger partial charge on any atom is 0.182 e. The molecule has 0 heterocycles. The molecule has 1 rings (SSSR count). The molecule has 100 valence electrons. The normalized spacial score (nSPS) is 12.2. The molecule has 0 aliphatic carbocycles. The van der Waals surface area contributed by atoms with Crippen LogP contribution in [-0.4, -0.2) is 35.6 Å². The predicted octanol–water partition coefficient (Wildman–Crippen LogP) is 3.71. The Bertz CT molecular complexity index is 409. The zero-order valence-electron chi connectivity index (χ0n) is 12.2. The Hall–Kier alpha value is -0.800. The maximum absolute atomic E-state index is 12.6. The van der Waals surface area contributed by atoms with Crippen molar-refractivity contribution in [1.29, 1.82) is 0 Å². The summed E-state index contributed by atoms with van der Waals surface area (Å²) in [6, 6.07) is 8.19. The lowest BCUT2D eigenvalue weighted by atomic mass is 9.91. The van der Waals surface area contributed by atoms with Crippen molar-refractivity contribution in [3.05, 3.63) is 29.8 Å². The Morgan fingerprint density at radius 3 is 2.11 bits per heavy atom. The average Bonchev–Trinajstić information content (AvgIpc) is 2.36. The van der Waals surface area contributed by atoms with E-state index in [2.05, 4.69) is 18.7 Å². The molecule has 3 heteroatoms. The lowest BCUT2D eigenvalue weighted by Gasteiger charge is -2.37. The second-order valence-electron chi connectivity index (χ2n) is 5.32. The number of thioether (sulfide) groups is 1. The second-order valence-corrected chi connectivity index (χ2v) is 6.20. The van der Waals surface area contributed by atoms with Crippen LogP contribution in [0.5, 0.6) is 0 Å². The van der Waals surface area contributed by atoms with Crippen LogP contribution in [0.2, 0.25) is 0 Å². The summed E-state index contributed by atoms with van der Waals surface area (Å²) >= 11 is 1.69. The maximum atomic E-state index is 12.6. The van der Waals surface area contributed by atoms with Crippen LogP contribution in [0, 0.1) is 0 Å². The summed E-state index contributed by atoms with van der Waals surface area (Å²) in [6.45, 7) is 8.17. The molecule has 0 radical (unpaired) electrons. The number of ketones is 1. The van der Waals surface area contributed by atoms with Gasteiger partial charge in [0, 0.05) is 16.5 Å². The highest BCUT2D eigenvalue weighted by molar-refractivity contribution is 7.98. The Morgan fingerprint density at radius 1 is 1.22 bits per heavy atom. The van der Waals surface area contributed by atoms with E-state index < -0.39 is 5.54 Å². The molecule has 0 spiro atoms. The van der Waals surface area contributed by atoms with Gasteiger partial charge in [0.25, 0.3) is 0 Å². The van der Waals surface area contributed by atoms with Crippen molar-refractivity contribution in [3.63, 3.8) is 0 Å². The highest BCUT2D eigenvalue weighted by atomic mass is 32.2. The molecule has 0 saturated heterocycles. The molecule has 0 amide bonds. The van der Waals surface area contributed by atoms with Crippen molar-refractivity contribution in [2.45, 2.75) is 44.2 Å². The van der Waals surface area contributed by atoms with Gasteiger partial charge in [0.15, 0.2) is 5.78 Å². The first-order valence-corrected chi connectivity index (χ1v) is 7.45. The van der Waals surface area contributed by atoms with E-state index in [1.54, 1.807) is 11.8 Å². The Balaban J connectivity index is 2.98. The lowest BCUT2D eigenvalue weighted by molar-refractivity contribution is 0.0636. The fourth-order valence-corrected chi connectivity index (χ4v) is 2.31. The number of Topliss-reactive ketones (excluding diaryl/α,β-unsaturated/α-hetero) is 1. The molecule has 0 bridgehead atoms. The van der Waals surface area contributed by atoms with Gasteiger partial charge in [0.2, 0.25) is 0 Å². The number of rotatable bonds is 5. The van der Waals surface area contributed by atoms with E-state index in [0.29, 0.717) is 6.04 Å². The zero-order chi connectivity index (χ0) is 13.9. The molecule has 18 heavy (non-hydrogen) atoms. The highest BCUT2D eigenvalue weighted by Crippen LogP contribution is 2.23. The van der Waals surface area contributed by atoms with Crippen molar-refractivity contribution in [1.82, 2.24) is 4.90 Å². The standard InChI is InChI=1S/C15H23NOS/c1-11(2)16(5)15(3,4)14(17)12-7-9-13(18-6)10-8-12/h7-11H,1-6H3. The van der Waals surface area contributed by atoms with Gasteiger partial charge < -0.3 is 0 Å². The molecular formula is C15H23NOS. The van der Waals surface area contributed by atoms with Crippen LogP contribution < -0.4 is 0 Å². The minimum Gasteiger partial charge on any atom is -0.292 e. The first-order valence-electron chi connectivity index (χ1n) is 6.22. The fraction of sp³-hybridized carbons (Fsp3) is 0.533. The molecule has 1 aromatic carbocycles. The van der Waals surface area contributed by atoms with Crippen LogP contribution >= 0.6 is 11.8 Å². The molecular weight excluding hydrogens is 242 g/mol. The number of carbonyl (C=O) groups is 1. The van der Waals surface area contributed by atoms with Crippen molar-refractivity contribution >= 4 is 17.5 Å². The van der Waals surface area contributed by atoms with Crippen molar-refractivity contribution in [2.24, 2.45) is 0 Å². The number of hydrogen-bond acceptors (Lipinski definition) is 3. The molecule has 0 unspecified atom stereocenters. The minimum absolute atomic E-state index is 0.173. The van der Waals surface area contributed by atoms with Crippen molar-refractivity contribution < 1.29 is 4.79 Å². The van der Waals surface area contributed by atoms with Gasteiger partial charge in [-0.05, 0) is 53.1 Å². The quantitative estimate of drug-likeness (QED) is 0.598. The van der Waals surface area contributed by atoms with Gasteiger partial charge >= 0.3 is 0 Å². The van der Waals surface area contributed by atoms with Crippen LogP contribution in [0.1, 0.15) is 38.1 Å². The number of nitrogens with zero attached hydrogens (tertiary/aromatic N) is 1. The average molecular weight is 265 g/mol. The monoisotopic (exact) mass is 265 g/mol. The molecule has 0 aliphatic heterocycles. The third-order valence-corrected chi connectivity index (χ3v) is 4.31. The van der Waals surface area contributed by atoms with Crippen LogP contribution in [0.4, 0.5) is 0 Å². The van der Waals surface area contributed by atoms with E-state index in [1.807, 2.05) is 51.4 Å². The predicted molar refractivity (Wildman–Crippen MR) is 79.5 cm³/mol. The van der Waals surface area contributed by atoms with E-state index in [-0.39, 0.29) is 5.78 Å². The lowest BCUT2D eigenvalue weighted by Crippen LogP contribution is -2.50. The zero-order valence-corrected chi connectivity index (χ0v) is 13.0. The van der Waals surface area contributed by atoms with Gasteiger partial charge in [-0.25, -0.2) is 0 Å². The van der Waals surface area contributed by atoms with E-state index in [4.69, 9.17) is 0 Å². The SMILES string of the molecule is CSc1ccc(C(=O)C(C)(C)N(C)C(C)C)cc1. The molecule has 0 atom stereocenters. The number of hydrogen-bond donors (Lipinski definition) is 0. The summed E-state index contributed by atoms with van der Waals surface area (Å²) in [7, 11) is 2.00. The Morgan fingerprint density at radius 2 is 1.72 bits per heavy atom. The fourth-order valence-electron chi connectivity index (χ4n) is 1.90. The molecule has 0 saturated carbocycles. The third-order valence-electron chi connectivity index (χ3n) is 3.56. The van der Waals surface area contributed by atoms with Gasteiger partial charge in [-0.15, -0.1) is 11.8 Å². The number of carbonyl (C=O) groups excluding carboxylic acids is 1. The molecule has 0 fully saturated rings. The summed E-state index contributed by atoms with van der Waals surface area (Å²) < 4.78 is 0. The molecule has 1 aromatic rings. The summed E-state index contributed by atoms with van der Waals surface area (Å²) in [6.07, 6.45) is 2.04. The van der Waals surface area contributed by atoms with Crippen molar-refractivity contribution in [2.75, 3.05) is 13.3 Å². The van der Waals surface area contributed by atoms with Crippen LogP contribution in [0.25, 0.3) is 0 Å². The van der Waals surface area contributed by atoms with E-state index in [1.165, 1.54) is 4.90 Å². The summed E-state index contributed by atoms with van der Waals surface area (Å²) in [4.78, 5) is 15.9. The van der Waals surface area contributed by atoms with Gasteiger partial charge in [-0.1, -0.05) is 12.1 Å². The molecule has 0 aromatic heterocycles. The minimum atomic E-state index is -0.477. The van der Waals surface area contributed by atoms with Crippen LogP contribution in [-0.2, 0) is 0 Å². The number of benzene rings is 1. The van der Waals surface area contributed by atoms with E-state index in [0.717, 1.165) is 5.56 Å². The summed E-state index contributed by atoms with van der Waals surface area (Å²) in [5, 5.41) is 0. The smallest absolute Gasteiger partial charge is 0.182 e. The van der Waals surface area contributed by atoms with Crippen LogP contribution in [0.15, 0.2) is 29.2 Å². The molecule has 2 nitrogen and oxygen atoms in total. The first-order chi connectivity index (χ1) is 8.30. The number of likely N-dealkylation sites (N-methyl/N-ethyl adjacent to an activating group) is 1. The highest BCUT2D eigenvalue weighted by Gasteiger charge is 2.34. The molecule has 0 N–H and O–H groups in total. The van der Waals surface area contributed by atoms with Gasteiger partial charge in [0.1, 0.15) is 0 Å². The third kappa shape index (κ3) is 3.15. The Kier molecular flexibility index (Phi) is 5.00. The topological polar surface area (TPSA) is 20.3 Å². The largest absolute Gasteiger partial charge is 0.292 e. The van der Waals surface area contributed by atoms with Crippen LogP contribution in [0.3, 0.4) is 0 Å².